The number of sulfonamides is 1. The Morgan fingerprint density at radius 2 is 2.03 bits per heavy atom. The van der Waals surface area contributed by atoms with Crippen LogP contribution in [0.1, 0.15) is 25.3 Å². The van der Waals surface area contributed by atoms with Crippen molar-refractivity contribution in [2.24, 2.45) is 0 Å². The summed E-state index contributed by atoms with van der Waals surface area (Å²) >= 11 is 0. The van der Waals surface area contributed by atoms with Gasteiger partial charge in [0.05, 0.1) is 17.6 Å². The number of anilines is 2. The zero-order valence-corrected chi connectivity index (χ0v) is 18.4. The minimum absolute atomic E-state index is 0.0329. The molecular formula is C21H21N7O4S. The van der Waals surface area contributed by atoms with Crippen molar-refractivity contribution in [2.45, 2.75) is 25.8 Å². The maximum absolute atomic E-state index is 12.0. The molecule has 1 aromatic carbocycles. The molecule has 0 radical (unpaired) electrons. The van der Waals surface area contributed by atoms with Crippen LogP contribution in [-0.2, 0) is 14.8 Å². The molecule has 2 aliphatic rings. The molecule has 0 bridgehead atoms. The Morgan fingerprint density at radius 3 is 2.73 bits per heavy atom. The Balaban J connectivity index is 1.60. The topological polar surface area (TPSA) is 147 Å². The average molecular weight is 468 g/mol. The summed E-state index contributed by atoms with van der Waals surface area (Å²) in [4.78, 5) is 28.1. The predicted octanol–water partition coefficient (Wildman–Crippen LogP) is 1.91. The lowest BCUT2D eigenvalue weighted by atomic mass is 10.1. The van der Waals surface area contributed by atoms with Gasteiger partial charge in [-0.25, -0.2) is 18.2 Å². The van der Waals surface area contributed by atoms with E-state index in [0.717, 1.165) is 18.7 Å². The molecule has 1 saturated heterocycles. The van der Waals surface area contributed by atoms with Crippen molar-refractivity contribution in [3.8, 4) is 11.3 Å². The first kappa shape index (κ1) is 20.9. The Hall–Kier alpha value is -3.93. The highest BCUT2D eigenvalue weighted by atomic mass is 32.2. The Bertz CT molecular complexity index is 1420. The minimum Gasteiger partial charge on any atom is -0.367 e. The van der Waals surface area contributed by atoms with E-state index in [0.29, 0.717) is 34.2 Å². The fourth-order valence-electron chi connectivity index (χ4n) is 3.40. The zero-order valence-electron chi connectivity index (χ0n) is 17.6. The van der Waals surface area contributed by atoms with Gasteiger partial charge in [-0.15, -0.1) is 0 Å². The van der Waals surface area contributed by atoms with Gasteiger partial charge in [-0.2, -0.15) is 9.61 Å². The first-order valence-corrected chi connectivity index (χ1v) is 12.1. The summed E-state index contributed by atoms with van der Waals surface area (Å²) in [7, 11) is -3.42. The van der Waals surface area contributed by atoms with Crippen LogP contribution in [0.15, 0.2) is 42.2 Å². The molecule has 0 atom stereocenters. The van der Waals surface area contributed by atoms with Crippen molar-refractivity contribution in [1.82, 2.24) is 25.2 Å². The van der Waals surface area contributed by atoms with Gasteiger partial charge >= 0.3 is 6.03 Å². The molecule has 0 spiro atoms. The van der Waals surface area contributed by atoms with E-state index >= 15 is 0 Å². The summed E-state index contributed by atoms with van der Waals surface area (Å²) in [6.45, 7) is 1.57. The number of nitrogens with one attached hydrogen (secondary N) is 4. The molecule has 1 aliphatic heterocycles. The van der Waals surface area contributed by atoms with Gasteiger partial charge in [0, 0.05) is 28.9 Å². The van der Waals surface area contributed by atoms with E-state index in [1.165, 1.54) is 6.08 Å². The Labute approximate surface area is 189 Å². The summed E-state index contributed by atoms with van der Waals surface area (Å²) in [5.74, 6) is 0.166. The Morgan fingerprint density at radius 1 is 1.21 bits per heavy atom. The lowest BCUT2D eigenvalue weighted by molar-refractivity contribution is -0.115. The first-order valence-electron chi connectivity index (χ1n) is 10.4. The number of aromatic nitrogens is 3. The van der Waals surface area contributed by atoms with Crippen molar-refractivity contribution in [3.63, 3.8) is 0 Å². The fraction of sp³-hybridized carbons (Fsp3) is 0.238. The van der Waals surface area contributed by atoms with Gasteiger partial charge < -0.3 is 10.6 Å². The van der Waals surface area contributed by atoms with Crippen LogP contribution in [-0.4, -0.2) is 46.7 Å². The highest BCUT2D eigenvalue weighted by Crippen LogP contribution is 2.30. The van der Waals surface area contributed by atoms with Gasteiger partial charge in [0.25, 0.3) is 5.91 Å². The minimum atomic E-state index is -3.42. The van der Waals surface area contributed by atoms with E-state index < -0.39 is 22.0 Å². The second-order valence-corrected chi connectivity index (χ2v) is 9.84. The van der Waals surface area contributed by atoms with Gasteiger partial charge in [0.2, 0.25) is 10.0 Å². The molecule has 0 unspecified atom stereocenters. The van der Waals surface area contributed by atoms with Gasteiger partial charge in [-0.1, -0.05) is 12.1 Å². The number of carbonyl (C=O) groups is 2. The van der Waals surface area contributed by atoms with Gasteiger partial charge in [-0.05, 0) is 38.0 Å². The number of benzene rings is 1. The average Bonchev–Trinajstić information content (AvgIpc) is 3.41. The largest absolute Gasteiger partial charge is 0.367 e. The third-order valence-electron chi connectivity index (χ3n) is 5.26. The third kappa shape index (κ3) is 4.37. The molecule has 3 heterocycles. The van der Waals surface area contributed by atoms with E-state index in [4.69, 9.17) is 4.98 Å². The SMILES string of the molecule is CCS(=O)(=O)Nc1cccc(-c2cc(NC3CC3)n3ncc(/C=C4\NC(=O)NC4=O)c3n2)c1. The van der Waals surface area contributed by atoms with Crippen LogP contribution in [0.25, 0.3) is 23.0 Å². The van der Waals surface area contributed by atoms with Crippen LogP contribution in [0.3, 0.4) is 0 Å². The fourth-order valence-corrected chi connectivity index (χ4v) is 4.03. The molecule has 3 amide bonds. The molecule has 1 aliphatic carbocycles. The van der Waals surface area contributed by atoms with Crippen LogP contribution >= 0.6 is 0 Å². The van der Waals surface area contributed by atoms with E-state index in [9.17, 15) is 18.0 Å². The van der Waals surface area contributed by atoms with Crippen molar-refractivity contribution < 1.29 is 18.0 Å². The van der Waals surface area contributed by atoms with Crippen LogP contribution in [0.4, 0.5) is 16.3 Å². The number of hydrogen-bond acceptors (Lipinski definition) is 7. The molecule has 5 rings (SSSR count). The van der Waals surface area contributed by atoms with Gasteiger partial charge in [0.1, 0.15) is 11.5 Å². The smallest absolute Gasteiger partial charge is 0.326 e. The number of urea groups is 1. The normalized spacial score (nSPS) is 17.3. The van der Waals surface area contributed by atoms with Crippen molar-refractivity contribution in [1.29, 1.82) is 0 Å². The molecule has 2 fully saturated rings. The van der Waals surface area contributed by atoms with Crippen molar-refractivity contribution >= 4 is 45.2 Å². The Kier molecular flexibility index (Phi) is 5.01. The van der Waals surface area contributed by atoms with Crippen LogP contribution in [0, 0.1) is 0 Å². The number of fused-ring (bicyclic) bond motifs is 1. The number of rotatable bonds is 7. The molecule has 2 aromatic heterocycles. The molecule has 170 valence electrons. The third-order valence-corrected chi connectivity index (χ3v) is 6.57. The maximum Gasteiger partial charge on any atom is 0.326 e. The van der Waals surface area contributed by atoms with E-state index in [1.807, 2.05) is 12.1 Å². The van der Waals surface area contributed by atoms with Crippen LogP contribution < -0.4 is 20.7 Å². The molecule has 3 aromatic rings. The lowest BCUT2D eigenvalue weighted by Gasteiger charge is -2.12. The second kappa shape index (κ2) is 7.89. The maximum atomic E-state index is 12.0. The number of amides is 3. The molecule has 4 N–H and O–H groups in total. The van der Waals surface area contributed by atoms with E-state index in [1.54, 1.807) is 35.8 Å². The number of imide groups is 1. The monoisotopic (exact) mass is 467 g/mol. The van der Waals surface area contributed by atoms with Gasteiger partial charge in [-0.3, -0.25) is 14.8 Å². The standard InChI is InChI=1S/C21H21N7O4S/c1-2-33(31,32)27-15-5-3-4-12(8-15)16-10-18(23-14-6-7-14)28-19(24-16)13(11-22-28)9-17-20(29)26-21(30)25-17/h3-5,8-11,14,23,27H,2,6-7H2,1H3,(H2,25,26,29,30)/b17-9-. The molecule has 33 heavy (non-hydrogen) atoms. The number of carbonyl (C=O) groups excluding carboxylic acids is 2. The zero-order chi connectivity index (χ0) is 23.2. The quantitative estimate of drug-likeness (QED) is 0.307. The summed E-state index contributed by atoms with van der Waals surface area (Å²) in [6, 6.07) is 8.59. The summed E-state index contributed by atoms with van der Waals surface area (Å²) in [6.07, 6.45) is 5.20. The lowest BCUT2D eigenvalue weighted by Crippen LogP contribution is -2.22. The highest BCUT2D eigenvalue weighted by Gasteiger charge is 2.25. The van der Waals surface area contributed by atoms with E-state index in [2.05, 4.69) is 25.8 Å². The van der Waals surface area contributed by atoms with Gasteiger partial charge in [0.15, 0.2) is 5.65 Å². The van der Waals surface area contributed by atoms with Crippen LogP contribution in [0.2, 0.25) is 0 Å². The summed E-state index contributed by atoms with van der Waals surface area (Å²) < 4.78 is 28.2. The molecule has 11 nitrogen and oxygen atoms in total. The predicted molar refractivity (Wildman–Crippen MR) is 123 cm³/mol. The number of nitrogens with zero attached hydrogens (tertiary/aromatic N) is 3. The second-order valence-electron chi connectivity index (χ2n) is 7.83. The molecule has 1 saturated carbocycles. The van der Waals surface area contributed by atoms with E-state index in [-0.39, 0.29) is 11.4 Å². The number of hydrogen-bond donors (Lipinski definition) is 4. The first-order chi connectivity index (χ1) is 15.8. The highest BCUT2D eigenvalue weighted by molar-refractivity contribution is 7.92. The van der Waals surface area contributed by atoms with Crippen molar-refractivity contribution in [2.75, 3.05) is 15.8 Å². The van der Waals surface area contributed by atoms with Crippen LogP contribution in [0.5, 0.6) is 0 Å². The molecular weight excluding hydrogens is 446 g/mol. The summed E-state index contributed by atoms with van der Waals surface area (Å²) in [5.41, 5.74) is 2.88. The van der Waals surface area contributed by atoms with Crippen molar-refractivity contribution in [3.05, 3.63) is 47.8 Å². The molecule has 12 heteroatoms. The summed E-state index contributed by atoms with van der Waals surface area (Å²) in [5, 5.41) is 12.5.